The Morgan fingerprint density at radius 2 is 1.54 bits per heavy atom. The molecule has 0 fully saturated rings. The van der Waals surface area contributed by atoms with Crippen LogP contribution in [0.3, 0.4) is 0 Å². The molecule has 1 heterocycles. The first-order valence-electron chi connectivity index (χ1n) is 11.1. The standard InChI is InChI=1S/C27H27NO6S/c1-5-26(29)34-21-9-7-6-8-20(21)28-16-25-27(33-18-12-10-17(30-2)11-13-18)19-14-22(31-3)23(32-4)15-24(19)35-25/h6-15,28H,5,16H2,1-4H3. The minimum absolute atomic E-state index is 0.288. The summed E-state index contributed by atoms with van der Waals surface area (Å²) in [7, 11) is 4.85. The number of para-hydroxylation sites is 2. The Kier molecular flexibility index (Phi) is 7.62. The van der Waals surface area contributed by atoms with E-state index in [4.69, 9.17) is 23.7 Å². The van der Waals surface area contributed by atoms with Crippen LogP contribution >= 0.6 is 11.3 Å². The predicted molar refractivity (Wildman–Crippen MR) is 138 cm³/mol. The van der Waals surface area contributed by atoms with E-state index in [1.807, 2.05) is 54.6 Å². The van der Waals surface area contributed by atoms with Gasteiger partial charge in [-0.1, -0.05) is 19.1 Å². The van der Waals surface area contributed by atoms with E-state index in [0.29, 0.717) is 41.7 Å². The first-order chi connectivity index (χ1) is 17.1. The highest BCUT2D eigenvalue weighted by atomic mass is 32.1. The summed E-state index contributed by atoms with van der Waals surface area (Å²) in [6.45, 7) is 2.22. The number of esters is 1. The predicted octanol–water partition coefficient (Wildman–Crippen LogP) is 6.65. The lowest BCUT2D eigenvalue weighted by molar-refractivity contribution is -0.133. The number of hydrogen-bond acceptors (Lipinski definition) is 8. The number of carbonyl (C=O) groups excluding carboxylic acids is 1. The van der Waals surface area contributed by atoms with Crippen molar-refractivity contribution >= 4 is 33.1 Å². The van der Waals surface area contributed by atoms with Crippen LogP contribution in [0.2, 0.25) is 0 Å². The van der Waals surface area contributed by atoms with Crippen molar-refractivity contribution < 1.29 is 28.5 Å². The molecule has 0 aliphatic carbocycles. The van der Waals surface area contributed by atoms with Crippen LogP contribution in [0.1, 0.15) is 18.2 Å². The van der Waals surface area contributed by atoms with E-state index in [0.717, 1.165) is 26.4 Å². The molecule has 0 saturated carbocycles. The van der Waals surface area contributed by atoms with Gasteiger partial charge < -0.3 is 29.0 Å². The SMILES string of the molecule is CCC(=O)Oc1ccccc1NCc1sc2cc(OC)c(OC)cc2c1Oc1ccc(OC)cc1. The van der Waals surface area contributed by atoms with Gasteiger partial charge in [0.25, 0.3) is 0 Å². The first-order valence-corrected chi connectivity index (χ1v) is 11.9. The smallest absolute Gasteiger partial charge is 0.310 e. The molecule has 0 spiro atoms. The van der Waals surface area contributed by atoms with Crippen LogP contribution in [0, 0.1) is 0 Å². The normalized spacial score (nSPS) is 10.6. The number of methoxy groups -OCH3 is 3. The van der Waals surface area contributed by atoms with Crippen molar-refractivity contribution in [3.8, 4) is 34.5 Å². The molecule has 0 aliphatic heterocycles. The van der Waals surface area contributed by atoms with Crippen molar-refractivity contribution in [3.05, 3.63) is 65.5 Å². The number of nitrogens with one attached hydrogen (secondary N) is 1. The number of hydrogen-bond donors (Lipinski definition) is 1. The highest BCUT2D eigenvalue weighted by Crippen LogP contribution is 2.45. The van der Waals surface area contributed by atoms with Crippen LogP contribution in [0.15, 0.2) is 60.7 Å². The number of fused-ring (bicyclic) bond motifs is 1. The van der Waals surface area contributed by atoms with Gasteiger partial charge in [0.15, 0.2) is 23.0 Å². The van der Waals surface area contributed by atoms with E-state index in [1.54, 1.807) is 45.7 Å². The Morgan fingerprint density at radius 1 is 0.857 bits per heavy atom. The minimum atomic E-state index is -0.288. The number of rotatable bonds is 10. The molecule has 1 aromatic heterocycles. The molecule has 3 aromatic carbocycles. The van der Waals surface area contributed by atoms with E-state index in [2.05, 4.69) is 5.32 Å². The molecule has 1 N–H and O–H groups in total. The fraction of sp³-hybridized carbons (Fsp3) is 0.222. The fourth-order valence-electron chi connectivity index (χ4n) is 3.51. The maximum atomic E-state index is 11.8. The van der Waals surface area contributed by atoms with Crippen LogP contribution in [0.4, 0.5) is 5.69 Å². The summed E-state index contributed by atoms with van der Waals surface area (Å²) in [5.74, 6) is 3.61. The summed E-state index contributed by atoms with van der Waals surface area (Å²) in [6, 6.07) is 18.7. The molecule has 0 aliphatic rings. The van der Waals surface area contributed by atoms with Gasteiger partial charge in [0, 0.05) is 22.6 Å². The van der Waals surface area contributed by atoms with E-state index in [1.165, 1.54) is 0 Å². The molecule has 35 heavy (non-hydrogen) atoms. The molecule has 7 nitrogen and oxygen atoms in total. The molecular weight excluding hydrogens is 466 g/mol. The van der Waals surface area contributed by atoms with Crippen molar-refractivity contribution in [3.63, 3.8) is 0 Å². The molecule has 8 heteroatoms. The lowest BCUT2D eigenvalue weighted by Crippen LogP contribution is -2.08. The van der Waals surface area contributed by atoms with Crippen LogP contribution < -0.4 is 29.0 Å². The second kappa shape index (κ2) is 11.0. The first kappa shape index (κ1) is 24.2. The highest BCUT2D eigenvalue weighted by Gasteiger charge is 2.19. The summed E-state index contributed by atoms with van der Waals surface area (Å²) >= 11 is 1.59. The molecule has 0 unspecified atom stereocenters. The maximum Gasteiger partial charge on any atom is 0.310 e. The van der Waals surface area contributed by atoms with Crippen molar-refractivity contribution in [2.24, 2.45) is 0 Å². The Hall–Kier alpha value is -3.91. The molecule has 4 aromatic rings. The fourth-order valence-corrected chi connectivity index (χ4v) is 4.60. The monoisotopic (exact) mass is 493 g/mol. The number of thiophene rings is 1. The lowest BCUT2D eigenvalue weighted by Gasteiger charge is -2.13. The summed E-state index contributed by atoms with van der Waals surface area (Å²) in [5.41, 5.74) is 0.720. The zero-order chi connectivity index (χ0) is 24.8. The van der Waals surface area contributed by atoms with E-state index >= 15 is 0 Å². The highest BCUT2D eigenvalue weighted by molar-refractivity contribution is 7.19. The van der Waals surface area contributed by atoms with Crippen LogP contribution in [-0.2, 0) is 11.3 Å². The van der Waals surface area contributed by atoms with E-state index < -0.39 is 0 Å². The number of carbonyl (C=O) groups is 1. The minimum Gasteiger partial charge on any atom is -0.497 e. The van der Waals surface area contributed by atoms with Gasteiger partial charge in [0.2, 0.25) is 0 Å². The van der Waals surface area contributed by atoms with Gasteiger partial charge in [-0.05, 0) is 42.5 Å². The molecule has 0 radical (unpaired) electrons. The average molecular weight is 494 g/mol. The van der Waals surface area contributed by atoms with Crippen LogP contribution in [0.25, 0.3) is 10.1 Å². The van der Waals surface area contributed by atoms with Crippen molar-refractivity contribution in [2.45, 2.75) is 19.9 Å². The van der Waals surface area contributed by atoms with Gasteiger partial charge in [-0.3, -0.25) is 4.79 Å². The van der Waals surface area contributed by atoms with Gasteiger partial charge in [-0.15, -0.1) is 11.3 Å². The molecule has 0 saturated heterocycles. The van der Waals surface area contributed by atoms with Gasteiger partial charge >= 0.3 is 5.97 Å². The van der Waals surface area contributed by atoms with Crippen molar-refractivity contribution in [1.29, 1.82) is 0 Å². The second-order valence-corrected chi connectivity index (χ2v) is 8.65. The summed E-state index contributed by atoms with van der Waals surface area (Å²) in [6.07, 6.45) is 0.300. The van der Waals surface area contributed by atoms with E-state index in [-0.39, 0.29) is 5.97 Å². The number of ether oxygens (including phenoxy) is 5. The summed E-state index contributed by atoms with van der Waals surface area (Å²) < 4.78 is 29.1. The molecule has 0 bridgehead atoms. The van der Waals surface area contributed by atoms with Gasteiger partial charge in [0.05, 0.1) is 38.4 Å². The Balaban J connectivity index is 1.71. The Bertz CT molecular complexity index is 1320. The second-order valence-electron chi connectivity index (χ2n) is 7.51. The van der Waals surface area contributed by atoms with Crippen LogP contribution in [0.5, 0.6) is 34.5 Å². The molecule has 0 amide bonds. The number of benzene rings is 3. The topological polar surface area (TPSA) is 75.3 Å². The third kappa shape index (κ3) is 5.44. The van der Waals surface area contributed by atoms with Gasteiger partial charge in [0.1, 0.15) is 11.5 Å². The van der Waals surface area contributed by atoms with E-state index in [9.17, 15) is 4.79 Å². The maximum absolute atomic E-state index is 11.8. The lowest BCUT2D eigenvalue weighted by atomic mass is 10.2. The number of anilines is 1. The average Bonchev–Trinajstić information content (AvgIpc) is 3.23. The molecule has 182 valence electrons. The largest absolute Gasteiger partial charge is 0.497 e. The Morgan fingerprint density at radius 3 is 2.23 bits per heavy atom. The van der Waals surface area contributed by atoms with Gasteiger partial charge in [-0.2, -0.15) is 0 Å². The molecule has 4 rings (SSSR count). The van der Waals surface area contributed by atoms with Crippen molar-refractivity contribution in [2.75, 3.05) is 26.6 Å². The van der Waals surface area contributed by atoms with Crippen molar-refractivity contribution in [1.82, 2.24) is 0 Å². The van der Waals surface area contributed by atoms with Gasteiger partial charge in [-0.25, -0.2) is 0 Å². The summed E-state index contributed by atoms with van der Waals surface area (Å²) in [5, 5.41) is 4.30. The summed E-state index contributed by atoms with van der Waals surface area (Å²) in [4.78, 5) is 12.8. The zero-order valence-electron chi connectivity index (χ0n) is 20.0. The third-order valence-corrected chi connectivity index (χ3v) is 6.47. The molecule has 0 atom stereocenters. The zero-order valence-corrected chi connectivity index (χ0v) is 20.9. The molecular formula is C27H27NO6S. The van der Waals surface area contributed by atoms with Crippen LogP contribution in [-0.4, -0.2) is 27.3 Å². The quantitative estimate of drug-likeness (QED) is 0.196. The Labute approximate surface area is 208 Å². The third-order valence-electron chi connectivity index (χ3n) is 5.34.